The molecule has 1 aliphatic heterocycles. The number of urea groups is 1. The van der Waals surface area contributed by atoms with Crippen LogP contribution in [0.1, 0.15) is 21.5 Å². The summed E-state index contributed by atoms with van der Waals surface area (Å²) in [5.41, 5.74) is -2.70. The van der Waals surface area contributed by atoms with E-state index in [9.17, 15) is 27.6 Å². The molecule has 152 valence electrons. The number of rotatable bonds is 4. The van der Waals surface area contributed by atoms with Crippen molar-refractivity contribution in [2.24, 2.45) is 0 Å². The van der Waals surface area contributed by atoms with E-state index in [1.165, 1.54) is 47.4 Å². The van der Waals surface area contributed by atoms with Crippen LogP contribution >= 0.6 is 0 Å². The lowest BCUT2D eigenvalue weighted by Crippen LogP contribution is -2.55. The van der Waals surface area contributed by atoms with E-state index < -0.39 is 23.7 Å². The smallest absolute Gasteiger partial charge is 0.345 e. The molecule has 0 aliphatic carbocycles. The summed E-state index contributed by atoms with van der Waals surface area (Å²) in [6.45, 7) is -0.355. The van der Waals surface area contributed by atoms with Gasteiger partial charge in [-0.1, -0.05) is 42.5 Å². The summed E-state index contributed by atoms with van der Waals surface area (Å²) in [4.78, 5) is 39.0. The summed E-state index contributed by atoms with van der Waals surface area (Å²) in [6.07, 6.45) is -5.03. The Morgan fingerprint density at radius 2 is 1.62 bits per heavy atom. The van der Waals surface area contributed by atoms with Gasteiger partial charge in [-0.3, -0.25) is 14.5 Å². The Morgan fingerprint density at radius 1 is 1.03 bits per heavy atom. The number of alkyl halides is 3. The molecule has 0 aromatic heterocycles. The lowest BCUT2D eigenvalue weighted by Gasteiger charge is -2.29. The van der Waals surface area contributed by atoms with Crippen LogP contribution in [-0.4, -0.2) is 47.9 Å². The molecule has 1 N–H and O–H groups in total. The van der Waals surface area contributed by atoms with E-state index in [1.54, 1.807) is 14.1 Å². The Bertz CT molecular complexity index is 943. The van der Waals surface area contributed by atoms with Gasteiger partial charge < -0.3 is 10.2 Å². The Hall–Kier alpha value is -3.36. The molecular weight excluding hydrogens is 387 g/mol. The van der Waals surface area contributed by atoms with E-state index in [4.69, 9.17) is 0 Å². The largest absolute Gasteiger partial charge is 0.425 e. The van der Waals surface area contributed by atoms with Crippen molar-refractivity contribution in [2.75, 3.05) is 14.1 Å². The van der Waals surface area contributed by atoms with Crippen LogP contribution in [0.4, 0.5) is 18.0 Å². The number of nitrogens with zero attached hydrogens (tertiary/aromatic N) is 2. The van der Waals surface area contributed by atoms with Crippen LogP contribution in [0.2, 0.25) is 0 Å². The molecule has 4 amide bonds. The number of carbonyl (C=O) groups excluding carboxylic acids is 3. The minimum Gasteiger partial charge on any atom is -0.345 e. The Morgan fingerprint density at radius 3 is 2.14 bits per heavy atom. The van der Waals surface area contributed by atoms with Crippen LogP contribution in [0.5, 0.6) is 0 Å². The third kappa shape index (κ3) is 3.43. The molecule has 6 nitrogen and oxygen atoms in total. The first-order valence-corrected chi connectivity index (χ1v) is 8.65. The molecule has 1 aliphatic rings. The zero-order chi connectivity index (χ0) is 21.4. The van der Waals surface area contributed by atoms with Gasteiger partial charge in [-0.15, -0.1) is 0 Å². The van der Waals surface area contributed by atoms with Crippen molar-refractivity contribution in [3.8, 4) is 0 Å². The second-order valence-electron chi connectivity index (χ2n) is 6.83. The maximum Gasteiger partial charge on any atom is 0.425 e. The van der Waals surface area contributed by atoms with Gasteiger partial charge >= 0.3 is 12.2 Å². The average Bonchev–Trinajstić information content (AvgIpc) is 2.94. The zero-order valence-electron chi connectivity index (χ0n) is 15.7. The van der Waals surface area contributed by atoms with Gasteiger partial charge in [-0.05, 0) is 23.3 Å². The van der Waals surface area contributed by atoms with Gasteiger partial charge in [-0.2, -0.15) is 13.2 Å². The predicted molar refractivity (Wildman–Crippen MR) is 97.7 cm³/mol. The summed E-state index contributed by atoms with van der Waals surface area (Å²) in [7, 11) is 3.17. The first-order chi connectivity index (χ1) is 13.6. The number of hydrogen-bond donors (Lipinski definition) is 1. The van der Waals surface area contributed by atoms with Crippen molar-refractivity contribution >= 4 is 17.8 Å². The van der Waals surface area contributed by atoms with Gasteiger partial charge in [0.2, 0.25) is 5.54 Å². The number of carbonyl (C=O) groups is 3. The Balaban J connectivity index is 1.91. The average molecular weight is 405 g/mol. The molecule has 0 radical (unpaired) electrons. The second kappa shape index (κ2) is 7.23. The molecule has 29 heavy (non-hydrogen) atoms. The number of halogens is 3. The molecule has 1 fully saturated rings. The number of benzene rings is 2. The molecule has 1 saturated heterocycles. The van der Waals surface area contributed by atoms with Crippen LogP contribution in [0.3, 0.4) is 0 Å². The van der Waals surface area contributed by atoms with Crippen LogP contribution in [0.15, 0.2) is 54.6 Å². The quantitative estimate of drug-likeness (QED) is 0.796. The molecule has 9 heteroatoms. The topological polar surface area (TPSA) is 69.7 Å². The zero-order valence-corrected chi connectivity index (χ0v) is 15.7. The van der Waals surface area contributed by atoms with Gasteiger partial charge in [0.25, 0.3) is 11.8 Å². The number of imide groups is 1. The van der Waals surface area contributed by atoms with Gasteiger partial charge in [0.1, 0.15) is 0 Å². The molecule has 1 unspecified atom stereocenters. The summed E-state index contributed by atoms with van der Waals surface area (Å²) < 4.78 is 41.9. The normalized spacial score (nSPS) is 19.3. The highest BCUT2D eigenvalue weighted by molar-refractivity contribution is 6.08. The van der Waals surface area contributed by atoms with Crippen molar-refractivity contribution < 1.29 is 27.6 Å². The van der Waals surface area contributed by atoms with E-state index in [0.29, 0.717) is 16.0 Å². The highest BCUT2D eigenvalue weighted by Gasteiger charge is 2.68. The van der Waals surface area contributed by atoms with Crippen molar-refractivity contribution in [3.05, 3.63) is 71.3 Å². The molecular formula is C20H18F3N3O3. The van der Waals surface area contributed by atoms with E-state index in [2.05, 4.69) is 0 Å². The predicted octanol–water partition coefficient (Wildman–Crippen LogP) is 2.90. The van der Waals surface area contributed by atoms with Crippen LogP contribution in [0.25, 0.3) is 0 Å². The Labute approximate surface area is 164 Å². The monoisotopic (exact) mass is 405 g/mol. The van der Waals surface area contributed by atoms with Crippen molar-refractivity contribution in [1.29, 1.82) is 0 Å². The third-order valence-electron chi connectivity index (χ3n) is 4.69. The first kappa shape index (κ1) is 20.4. The van der Waals surface area contributed by atoms with E-state index >= 15 is 0 Å². The third-order valence-corrected chi connectivity index (χ3v) is 4.69. The van der Waals surface area contributed by atoms with E-state index in [0.717, 1.165) is 12.1 Å². The fraction of sp³-hybridized carbons (Fsp3) is 0.250. The van der Waals surface area contributed by atoms with E-state index in [1.807, 2.05) is 5.32 Å². The maximum absolute atomic E-state index is 14.0. The molecule has 0 saturated carbocycles. The van der Waals surface area contributed by atoms with Gasteiger partial charge in [0, 0.05) is 19.7 Å². The maximum atomic E-state index is 14.0. The number of amides is 4. The standard InChI is InChI=1S/C20H18F3N3O3/c1-25(2)16(27)14-10-8-13(9-11-14)12-26-17(28)19(20(21,22)23,24-18(26)29)15-6-4-3-5-7-15/h3-11H,12H2,1-2H3,(H,24,29). The first-order valence-electron chi connectivity index (χ1n) is 8.65. The van der Waals surface area contributed by atoms with Crippen molar-refractivity contribution in [2.45, 2.75) is 18.3 Å². The van der Waals surface area contributed by atoms with Crippen LogP contribution < -0.4 is 5.32 Å². The summed E-state index contributed by atoms with van der Waals surface area (Å²) >= 11 is 0. The molecule has 2 aromatic rings. The van der Waals surface area contributed by atoms with Crippen molar-refractivity contribution in [3.63, 3.8) is 0 Å². The molecule has 3 rings (SSSR count). The second-order valence-corrected chi connectivity index (χ2v) is 6.83. The fourth-order valence-corrected chi connectivity index (χ4v) is 3.15. The molecule has 1 atom stereocenters. The lowest BCUT2D eigenvalue weighted by atomic mass is 9.89. The summed E-state index contributed by atoms with van der Waals surface area (Å²) in [5, 5.41) is 1.84. The highest BCUT2D eigenvalue weighted by Crippen LogP contribution is 2.43. The van der Waals surface area contributed by atoms with Gasteiger partial charge in [0.05, 0.1) is 6.54 Å². The lowest BCUT2D eigenvalue weighted by molar-refractivity contribution is -0.198. The molecule has 1 heterocycles. The molecule has 0 spiro atoms. The number of hydrogen-bond acceptors (Lipinski definition) is 3. The van der Waals surface area contributed by atoms with Gasteiger partial charge in [-0.25, -0.2) is 4.79 Å². The summed E-state index contributed by atoms with van der Waals surface area (Å²) in [6, 6.07) is 11.4. The Kier molecular flexibility index (Phi) is 5.08. The van der Waals surface area contributed by atoms with Crippen LogP contribution in [-0.2, 0) is 16.9 Å². The molecule has 0 bridgehead atoms. The SMILES string of the molecule is CN(C)C(=O)c1ccc(CN2C(=O)NC(c3ccccc3)(C(F)(F)F)C2=O)cc1. The minimum atomic E-state index is -5.03. The number of nitrogens with one attached hydrogen (secondary N) is 1. The fourth-order valence-electron chi connectivity index (χ4n) is 3.15. The molecule has 2 aromatic carbocycles. The van der Waals surface area contributed by atoms with Crippen molar-refractivity contribution in [1.82, 2.24) is 15.1 Å². The highest BCUT2D eigenvalue weighted by atomic mass is 19.4. The minimum absolute atomic E-state index is 0.244. The van der Waals surface area contributed by atoms with E-state index in [-0.39, 0.29) is 18.0 Å². The van der Waals surface area contributed by atoms with Crippen LogP contribution in [0, 0.1) is 0 Å². The summed E-state index contributed by atoms with van der Waals surface area (Å²) in [5.74, 6) is -1.64. The van der Waals surface area contributed by atoms with Gasteiger partial charge in [0.15, 0.2) is 0 Å².